The molecule has 0 spiro atoms. The molecule has 0 radical (unpaired) electrons. The third-order valence-corrected chi connectivity index (χ3v) is 8.41. The van der Waals surface area contributed by atoms with E-state index in [4.69, 9.17) is 0 Å². The van der Waals surface area contributed by atoms with E-state index >= 15 is 0 Å². The number of rotatable bonds is 8. The van der Waals surface area contributed by atoms with Crippen molar-refractivity contribution >= 4 is 29.4 Å². The molecule has 0 aromatic carbocycles. The van der Waals surface area contributed by atoms with Gasteiger partial charge in [-0.3, -0.25) is 19.2 Å². The van der Waals surface area contributed by atoms with Crippen molar-refractivity contribution in [2.75, 3.05) is 6.54 Å². The molecule has 3 N–H and O–H groups in total. The first kappa shape index (κ1) is 29.1. The Hall–Kier alpha value is -2.45. The molecule has 208 valence electrons. The van der Waals surface area contributed by atoms with E-state index in [1.54, 1.807) is 4.90 Å². The number of piperidine rings is 1. The Morgan fingerprint density at radius 1 is 0.973 bits per heavy atom. The summed E-state index contributed by atoms with van der Waals surface area (Å²) in [5, 5.41) is 8.55. The van der Waals surface area contributed by atoms with Crippen LogP contribution < -0.4 is 16.0 Å². The van der Waals surface area contributed by atoms with Gasteiger partial charge < -0.3 is 20.9 Å². The number of nitrogens with one attached hydrogen (secondary N) is 3. The van der Waals surface area contributed by atoms with Gasteiger partial charge in [-0.25, -0.2) is 4.79 Å². The van der Waals surface area contributed by atoms with E-state index in [9.17, 15) is 24.0 Å². The van der Waals surface area contributed by atoms with E-state index in [1.165, 1.54) is 6.92 Å². The van der Waals surface area contributed by atoms with Crippen LogP contribution in [0.15, 0.2) is 0 Å². The first-order valence-corrected chi connectivity index (χ1v) is 13.6. The molecule has 4 amide bonds. The molecule has 0 bridgehead atoms. The largest absolute Gasteiger partial charge is 0.344 e. The Morgan fingerprint density at radius 3 is 2.03 bits per heavy atom. The van der Waals surface area contributed by atoms with E-state index < -0.39 is 52.6 Å². The highest BCUT2D eigenvalue weighted by molar-refractivity contribution is 6.38. The number of amides is 4. The number of fused-ring (bicyclic) bond motifs is 1. The molecule has 1 heterocycles. The summed E-state index contributed by atoms with van der Waals surface area (Å²) in [7, 11) is 0. The van der Waals surface area contributed by atoms with Crippen LogP contribution in [-0.4, -0.2) is 64.5 Å². The molecule has 2 saturated carbocycles. The summed E-state index contributed by atoms with van der Waals surface area (Å²) < 4.78 is 0. The zero-order chi connectivity index (χ0) is 28.1. The van der Waals surface area contributed by atoms with Crippen LogP contribution in [0.2, 0.25) is 0 Å². The molecule has 2 unspecified atom stereocenters. The smallest absolute Gasteiger partial charge is 0.315 e. The van der Waals surface area contributed by atoms with Gasteiger partial charge in [-0.05, 0) is 55.8 Å². The van der Waals surface area contributed by atoms with E-state index in [0.29, 0.717) is 18.9 Å². The lowest BCUT2D eigenvalue weighted by molar-refractivity contribution is -0.145. The number of likely N-dealkylation sites (tertiary alicyclic amines) is 1. The quantitative estimate of drug-likeness (QED) is 0.426. The third-order valence-electron chi connectivity index (χ3n) is 8.41. The van der Waals surface area contributed by atoms with Gasteiger partial charge in [-0.15, -0.1) is 0 Å². The fourth-order valence-electron chi connectivity index (χ4n) is 5.93. The molecular weight excluding hydrogens is 472 g/mol. The number of urea groups is 1. The highest BCUT2D eigenvalue weighted by atomic mass is 16.2. The number of carbonyl (C=O) groups is 5. The van der Waals surface area contributed by atoms with Gasteiger partial charge in [-0.2, -0.15) is 0 Å². The van der Waals surface area contributed by atoms with Crippen molar-refractivity contribution in [1.82, 2.24) is 20.9 Å². The van der Waals surface area contributed by atoms with Crippen LogP contribution in [0.25, 0.3) is 0 Å². The van der Waals surface area contributed by atoms with E-state index in [1.807, 2.05) is 41.5 Å². The van der Waals surface area contributed by atoms with Crippen LogP contribution in [0.1, 0.15) is 88.0 Å². The van der Waals surface area contributed by atoms with Crippen molar-refractivity contribution in [3.05, 3.63) is 0 Å². The predicted octanol–water partition coefficient (Wildman–Crippen LogP) is 2.81. The van der Waals surface area contributed by atoms with Crippen molar-refractivity contribution in [3.8, 4) is 0 Å². The minimum Gasteiger partial charge on any atom is -0.344 e. The molecule has 0 aromatic rings. The second kappa shape index (κ2) is 10.0. The molecule has 1 saturated heterocycles. The zero-order valence-electron chi connectivity index (χ0n) is 24.0. The number of Topliss-reactive ketones (excluding diaryl/α,β-unsaturated/α-hetero) is 2. The number of nitrogens with zero attached hydrogens (tertiary/aromatic N) is 1. The van der Waals surface area contributed by atoms with Gasteiger partial charge in [-0.1, -0.05) is 53.9 Å². The van der Waals surface area contributed by atoms with Crippen molar-refractivity contribution in [2.45, 2.75) is 112 Å². The summed E-state index contributed by atoms with van der Waals surface area (Å²) >= 11 is 0. The predicted molar refractivity (Wildman–Crippen MR) is 141 cm³/mol. The first-order valence-electron chi connectivity index (χ1n) is 13.6. The molecule has 3 rings (SSSR count). The average Bonchev–Trinajstić information content (AvgIpc) is 3.06. The Morgan fingerprint density at radius 2 is 1.57 bits per heavy atom. The van der Waals surface area contributed by atoms with Crippen molar-refractivity contribution < 1.29 is 24.0 Å². The molecule has 9 nitrogen and oxygen atoms in total. The van der Waals surface area contributed by atoms with Crippen molar-refractivity contribution in [1.29, 1.82) is 0 Å². The molecule has 3 fully saturated rings. The number of carbonyl (C=O) groups excluding carboxylic acids is 5. The van der Waals surface area contributed by atoms with Gasteiger partial charge in [0, 0.05) is 19.0 Å². The summed E-state index contributed by atoms with van der Waals surface area (Å²) in [5.41, 5.74) is -1.19. The van der Waals surface area contributed by atoms with Crippen LogP contribution in [0, 0.1) is 28.6 Å². The topological polar surface area (TPSA) is 125 Å². The lowest BCUT2D eigenvalue weighted by atomic mass is 9.79. The number of ketones is 2. The van der Waals surface area contributed by atoms with Crippen molar-refractivity contribution in [2.24, 2.45) is 28.6 Å². The summed E-state index contributed by atoms with van der Waals surface area (Å²) in [6.07, 6.45) is 3.51. The molecule has 3 aliphatic rings. The maximum absolute atomic E-state index is 13.9. The average molecular weight is 519 g/mol. The molecular formula is C28H46N4O5. The molecule has 37 heavy (non-hydrogen) atoms. The van der Waals surface area contributed by atoms with Crippen LogP contribution in [0.4, 0.5) is 4.79 Å². The van der Waals surface area contributed by atoms with Crippen LogP contribution in [0.5, 0.6) is 0 Å². The van der Waals surface area contributed by atoms with Gasteiger partial charge >= 0.3 is 6.03 Å². The normalized spacial score (nSPS) is 26.3. The van der Waals surface area contributed by atoms with E-state index in [0.717, 1.165) is 19.3 Å². The second-order valence-electron chi connectivity index (χ2n) is 14.1. The summed E-state index contributed by atoms with van der Waals surface area (Å²) in [6.45, 7) is 17.0. The molecule has 5 atom stereocenters. The highest BCUT2D eigenvalue weighted by Crippen LogP contribution is 2.65. The number of hydrogen-bond donors (Lipinski definition) is 3. The monoisotopic (exact) mass is 518 g/mol. The molecule has 9 heteroatoms. The Bertz CT molecular complexity index is 957. The maximum atomic E-state index is 13.9. The number of hydrogen-bond acceptors (Lipinski definition) is 5. The lowest BCUT2D eigenvalue weighted by Crippen LogP contribution is -2.62. The molecule has 0 aromatic heterocycles. The minimum atomic E-state index is -0.873. The summed E-state index contributed by atoms with van der Waals surface area (Å²) in [4.78, 5) is 66.5. The van der Waals surface area contributed by atoms with Gasteiger partial charge in [0.25, 0.3) is 0 Å². The van der Waals surface area contributed by atoms with Gasteiger partial charge in [0.05, 0.1) is 6.04 Å². The minimum absolute atomic E-state index is 0.0442. The van der Waals surface area contributed by atoms with E-state index in [2.05, 4.69) is 29.8 Å². The van der Waals surface area contributed by atoms with Crippen LogP contribution in [0.3, 0.4) is 0 Å². The Kier molecular flexibility index (Phi) is 7.89. The Balaban J connectivity index is 1.83. The SMILES string of the molecule is CC(=O)C(=O)[C@H](CC1CCC1)NC(=O)[C@@H]1C2C(CN1C(=O)[C@@H](NC(=O)NC(C)(C)C)C(C)(C)C)C2(C)C. The van der Waals surface area contributed by atoms with Crippen LogP contribution >= 0.6 is 0 Å². The molecule has 2 aliphatic carbocycles. The fraction of sp³-hybridized carbons (Fsp3) is 0.821. The summed E-state index contributed by atoms with van der Waals surface area (Å²) in [5.74, 6) is -1.44. The Labute approximate surface area is 221 Å². The van der Waals surface area contributed by atoms with Gasteiger partial charge in [0.1, 0.15) is 12.1 Å². The lowest BCUT2D eigenvalue weighted by Gasteiger charge is -2.38. The first-order chi connectivity index (χ1) is 16.8. The molecule has 1 aliphatic heterocycles. The van der Waals surface area contributed by atoms with Crippen molar-refractivity contribution in [3.63, 3.8) is 0 Å². The standard InChI is InChI=1S/C28H46N4O5/c1-15(33)21(34)18(13-16-11-10-12-16)29-23(35)20-19-17(28(19,8)9)14-32(20)24(36)22(26(2,3)4)30-25(37)31-27(5,6)7/h16-20,22H,10-14H2,1-9H3,(H,29,35)(H2,30,31,37)/t17?,18-,19?,20-,22+/m0/s1. The van der Waals surface area contributed by atoms with Crippen LogP contribution in [-0.2, 0) is 19.2 Å². The highest BCUT2D eigenvalue weighted by Gasteiger charge is 2.70. The third kappa shape index (κ3) is 6.34. The fourth-order valence-corrected chi connectivity index (χ4v) is 5.93. The van der Waals surface area contributed by atoms with Gasteiger partial charge in [0.2, 0.25) is 17.6 Å². The van der Waals surface area contributed by atoms with E-state index in [-0.39, 0.29) is 23.2 Å². The zero-order valence-corrected chi connectivity index (χ0v) is 24.0. The van der Waals surface area contributed by atoms with Gasteiger partial charge in [0.15, 0.2) is 5.78 Å². The summed E-state index contributed by atoms with van der Waals surface area (Å²) in [6, 6.07) is -2.93. The maximum Gasteiger partial charge on any atom is 0.315 e. The second-order valence-corrected chi connectivity index (χ2v) is 14.1.